The summed E-state index contributed by atoms with van der Waals surface area (Å²) in [4.78, 5) is 24.6. The maximum absolute atomic E-state index is 13.1. The number of aryl methyl sites for hydroxylation is 1. The first kappa shape index (κ1) is 17.9. The van der Waals surface area contributed by atoms with Gasteiger partial charge in [-0.2, -0.15) is 0 Å². The molecule has 1 atom stereocenters. The van der Waals surface area contributed by atoms with E-state index >= 15 is 0 Å². The first-order valence-electron chi connectivity index (χ1n) is 8.46. The molecule has 0 radical (unpaired) electrons. The Bertz CT molecular complexity index is 787. The monoisotopic (exact) mass is 357 g/mol. The Morgan fingerprint density at radius 1 is 1.19 bits per heavy atom. The van der Waals surface area contributed by atoms with Crippen LogP contribution in [0.15, 0.2) is 48.5 Å². The summed E-state index contributed by atoms with van der Waals surface area (Å²) in [6.07, 6.45) is 0.684. The Hall–Kier alpha value is -2.89. The fourth-order valence-electron chi connectivity index (χ4n) is 2.43. The number of halogens is 1. The van der Waals surface area contributed by atoms with Crippen LogP contribution in [0.5, 0.6) is 5.75 Å². The number of hydrogen-bond acceptors (Lipinski definition) is 4. The standard InChI is InChI=1S/C20H20FNO4/c1-13-3-2-4-17(11-13)25-12-18(23)26-19(20(24)22-16-9-10-16)14-5-7-15(21)8-6-14/h2-8,11,16,19H,9-10,12H2,1H3,(H,22,24). The van der Waals surface area contributed by atoms with Gasteiger partial charge < -0.3 is 14.8 Å². The molecule has 26 heavy (non-hydrogen) atoms. The molecule has 0 aromatic heterocycles. The van der Waals surface area contributed by atoms with E-state index in [4.69, 9.17) is 9.47 Å². The predicted molar refractivity (Wildman–Crippen MR) is 93.1 cm³/mol. The number of nitrogens with one attached hydrogen (secondary N) is 1. The molecule has 1 fully saturated rings. The van der Waals surface area contributed by atoms with Gasteiger partial charge in [-0.25, -0.2) is 9.18 Å². The normalized spacial score (nSPS) is 14.4. The summed E-state index contributed by atoms with van der Waals surface area (Å²) in [6, 6.07) is 12.7. The highest BCUT2D eigenvalue weighted by Gasteiger charge is 2.31. The van der Waals surface area contributed by atoms with Gasteiger partial charge in [-0.05, 0) is 49.6 Å². The van der Waals surface area contributed by atoms with Crippen LogP contribution in [0.2, 0.25) is 0 Å². The summed E-state index contributed by atoms with van der Waals surface area (Å²) in [5.74, 6) is -0.971. The van der Waals surface area contributed by atoms with Gasteiger partial charge in [-0.1, -0.05) is 24.3 Å². The Labute approximate surface area is 151 Å². The fourth-order valence-corrected chi connectivity index (χ4v) is 2.43. The minimum absolute atomic E-state index is 0.118. The molecule has 2 aromatic carbocycles. The molecule has 2 aromatic rings. The number of hydrogen-bond donors (Lipinski definition) is 1. The second kappa shape index (κ2) is 7.99. The quantitative estimate of drug-likeness (QED) is 0.774. The van der Waals surface area contributed by atoms with Crippen LogP contribution < -0.4 is 10.1 Å². The molecule has 136 valence electrons. The topological polar surface area (TPSA) is 64.6 Å². The third-order valence-corrected chi connectivity index (χ3v) is 3.93. The smallest absolute Gasteiger partial charge is 0.345 e. The van der Waals surface area contributed by atoms with E-state index in [1.807, 2.05) is 19.1 Å². The molecule has 0 heterocycles. The minimum Gasteiger partial charge on any atom is -0.482 e. The van der Waals surface area contributed by atoms with Crippen LogP contribution in [0, 0.1) is 12.7 Å². The Morgan fingerprint density at radius 3 is 2.58 bits per heavy atom. The van der Waals surface area contributed by atoms with E-state index in [-0.39, 0.29) is 12.6 Å². The van der Waals surface area contributed by atoms with Crippen LogP contribution in [-0.4, -0.2) is 24.5 Å². The maximum atomic E-state index is 13.1. The zero-order chi connectivity index (χ0) is 18.5. The van der Waals surface area contributed by atoms with Gasteiger partial charge in [-0.15, -0.1) is 0 Å². The zero-order valence-corrected chi connectivity index (χ0v) is 14.4. The molecule has 1 amide bonds. The van der Waals surface area contributed by atoms with Crippen molar-refractivity contribution in [2.24, 2.45) is 0 Å². The first-order chi connectivity index (χ1) is 12.5. The second-order valence-electron chi connectivity index (χ2n) is 6.31. The van der Waals surface area contributed by atoms with Crippen molar-refractivity contribution in [2.45, 2.75) is 31.9 Å². The highest BCUT2D eigenvalue weighted by atomic mass is 19.1. The summed E-state index contributed by atoms with van der Waals surface area (Å²) in [6.45, 7) is 1.59. The van der Waals surface area contributed by atoms with E-state index < -0.39 is 23.8 Å². The second-order valence-corrected chi connectivity index (χ2v) is 6.31. The van der Waals surface area contributed by atoms with Crippen molar-refractivity contribution in [2.75, 3.05) is 6.61 Å². The predicted octanol–water partition coefficient (Wildman–Crippen LogP) is 3.08. The van der Waals surface area contributed by atoms with Crippen LogP contribution in [0.4, 0.5) is 4.39 Å². The lowest BCUT2D eigenvalue weighted by Gasteiger charge is -2.18. The van der Waals surface area contributed by atoms with E-state index in [0.29, 0.717) is 11.3 Å². The molecule has 6 heteroatoms. The molecule has 0 bridgehead atoms. The summed E-state index contributed by atoms with van der Waals surface area (Å²) < 4.78 is 23.9. The molecule has 3 rings (SSSR count). The first-order valence-corrected chi connectivity index (χ1v) is 8.46. The van der Waals surface area contributed by atoms with Gasteiger partial charge in [0.1, 0.15) is 11.6 Å². The average molecular weight is 357 g/mol. The number of benzene rings is 2. The molecule has 0 spiro atoms. The number of rotatable bonds is 7. The molecule has 1 saturated carbocycles. The van der Waals surface area contributed by atoms with Crippen molar-refractivity contribution in [1.82, 2.24) is 5.32 Å². The average Bonchev–Trinajstić information content (AvgIpc) is 3.43. The van der Waals surface area contributed by atoms with Gasteiger partial charge in [0.2, 0.25) is 6.10 Å². The lowest BCUT2D eigenvalue weighted by atomic mass is 10.1. The molecule has 1 N–H and O–H groups in total. The van der Waals surface area contributed by atoms with E-state index in [2.05, 4.69) is 5.32 Å². The van der Waals surface area contributed by atoms with Crippen LogP contribution in [-0.2, 0) is 14.3 Å². The van der Waals surface area contributed by atoms with Crippen LogP contribution in [0.25, 0.3) is 0 Å². The summed E-state index contributed by atoms with van der Waals surface area (Å²) in [5, 5.41) is 2.80. The van der Waals surface area contributed by atoms with E-state index in [0.717, 1.165) is 18.4 Å². The third-order valence-electron chi connectivity index (χ3n) is 3.93. The van der Waals surface area contributed by atoms with Gasteiger partial charge in [0.15, 0.2) is 6.61 Å². The van der Waals surface area contributed by atoms with Crippen LogP contribution >= 0.6 is 0 Å². The van der Waals surface area contributed by atoms with Crippen molar-refractivity contribution in [3.63, 3.8) is 0 Å². The molecule has 0 saturated heterocycles. The zero-order valence-electron chi connectivity index (χ0n) is 14.4. The Balaban J connectivity index is 1.64. The number of amides is 1. The van der Waals surface area contributed by atoms with Crippen molar-refractivity contribution >= 4 is 11.9 Å². The molecule has 1 unspecified atom stereocenters. The Kier molecular flexibility index (Phi) is 5.51. The molecule has 5 nitrogen and oxygen atoms in total. The fraction of sp³-hybridized carbons (Fsp3) is 0.300. The highest BCUT2D eigenvalue weighted by molar-refractivity contribution is 5.85. The van der Waals surface area contributed by atoms with Gasteiger partial charge >= 0.3 is 5.97 Å². The number of carbonyl (C=O) groups is 2. The van der Waals surface area contributed by atoms with E-state index in [1.165, 1.54) is 24.3 Å². The molecule has 0 aliphatic heterocycles. The minimum atomic E-state index is -1.13. The number of carbonyl (C=O) groups excluding carboxylic acids is 2. The Morgan fingerprint density at radius 2 is 1.92 bits per heavy atom. The molecule has 1 aliphatic rings. The van der Waals surface area contributed by atoms with Crippen molar-refractivity contribution < 1.29 is 23.5 Å². The largest absolute Gasteiger partial charge is 0.482 e. The molecule has 1 aliphatic carbocycles. The van der Waals surface area contributed by atoms with Crippen molar-refractivity contribution in [1.29, 1.82) is 0 Å². The van der Waals surface area contributed by atoms with Gasteiger partial charge in [0.05, 0.1) is 0 Å². The van der Waals surface area contributed by atoms with Gasteiger partial charge in [-0.3, -0.25) is 4.79 Å². The van der Waals surface area contributed by atoms with Gasteiger partial charge in [0.25, 0.3) is 5.91 Å². The van der Waals surface area contributed by atoms with Gasteiger partial charge in [0, 0.05) is 11.6 Å². The summed E-state index contributed by atoms with van der Waals surface area (Å²) in [5.41, 5.74) is 1.41. The van der Waals surface area contributed by atoms with E-state index in [9.17, 15) is 14.0 Å². The van der Waals surface area contributed by atoms with Crippen molar-refractivity contribution in [3.05, 3.63) is 65.5 Å². The SMILES string of the molecule is Cc1cccc(OCC(=O)OC(C(=O)NC2CC2)c2ccc(F)cc2)c1. The molecular weight excluding hydrogens is 337 g/mol. The third kappa shape index (κ3) is 5.05. The summed E-state index contributed by atoms with van der Waals surface area (Å²) >= 11 is 0. The molecular formula is C20H20FNO4. The van der Waals surface area contributed by atoms with Crippen molar-refractivity contribution in [3.8, 4) is 5.75 Å². The lowest BCUT2D eigenvalue weighted by molar-refractivity contribution is -0.158. The number of esters is 1. The van der Waals surface area contributed by atoms with Crippen LogP contribution in [0.3, 0.4) is 0 Å². The lowest BCUT2D eigenvalue weighted by Crippen LogP contribution is -2.34. The highest BCUT2D eigenvalue weighted by Crippen LogP contribution is 2.23. The summed E-state index contributed by atoms with van der Waals surface area (Å²) in [7, 11) is 0. The maximum Gasteiger partial charge on any atom is 0.345 e. The number of ether oxygens (including phenoxy) is 2. The van der Waals surface area contributed by atoms with Crippen LogP contribution in [0.1, 0.15) is 30.1 Å². The van der Waals surface area contributed by atoms with E-state index in [1.54, 1.807) is 12.1 Å².